The third-order valence-corrected chi connectivity index (χ3v) is 3.89. The van der Waals surface area contributed by atoms with Crippen molar-refractivity contribution in [2.24, 2.45) is 5.92 Å². The molecular weight excluding hydrogens is 246 g/mol. The van der Waals surface area contributed by atoms with Gasteiger partial charge in [-0.3, -0.25) is 0 Å². The Morgan fingerprint density at radius 3 is 3.05 bits per heavy atom. The van der Waals surface area contributed by atoms with Crippen molar-refractivity contribution in [1.82, 2.24) is 5.32 Å². The summed E-state index contributed by atoms with van der Waals surface area (Å²) in [5, 5.41) is 3.68. The second-order valence-electron chi connectivity index (χ2n) is 5.41. The Morgan fingerprint density at radius 2 is 2.25 bits per heavy atom. The van der Waals surface area contributed by atoms with E-state index >= 15 is 0 Å². The zero-order valence-corrected chi connectivity index (χ0v) is 12.6. The normalized spacial score (nSPS) is 18.4. The first-order chi connectivity index (χ1) is 9.85. The van der Waals surface area contributed by atoms with E-state index in [2.05, 4.69) is 42.3 Å². The third-order valence-electron chi connectivity index (χ3n) is 3.89. The van der Waals surface area contributed by atoms with Crippen molar-refractivity contribution in [2.75, 3.05) is 13.2 Å². The number of nitrogens with one attached hydrogen (secondary N) is 1. The zero-order chi connectivity index (χ0) is 14.2. The van der Waals surface area contributed by atoms with Crippen molar-refractivity contribution in [1.29, 1.82) is 0 Å². The molecule has 0 aromatic heterocycles. The van der Waals surface area contributed by atoms with E-state index in [1.807, 2.05) is 13.0 Å². The Morgan fingerprint density at radius 1 is 1.40 bits per heavy atom. The molecule has 2 unspecified atom stereocenters. The molecule has 2 rings (SSSR count). The van der Waals surface area contributed by atoms with E-state index in [0.717, 1.165) is 38.2 Å². The van der Waals surface area contributed by atoms with Crippen molar-refractivity contribution in [3.05, 3.63) is 29.8 Å². The van der Waals surface area contributed by atoms with Gasteiger partial charge in [-0.15, -0.1) is 11.8 Å². The van der Waals surface area contributed by atoms with Gasteiger partial charge in [-0.1, -0.05) is 25.1 Å². The van der Waals surface area contributed by atoms with Crippen LogP contribution in [0, 0.1) is 17.8 Å². The summed E-state index contributed by atoms with van der Waals surface area (Å²) >= 11 is 0. The van der Waals surface area contributed by atoms with Gasteiger partial charge in [0, 0.05) is 18.4 Å². The van der Waals surface area contributed by atoms with Crippen LogP contribution in [0.25, 0.3) is 0 Å². The van der Waals surface area contributed by atoms with Gasteiger partial charge < -0.3 is 10.1 Å². The van der Waals surface area contributed by atoms with Gasteiger partial charge in [0.2, 0.25) is 0 Å². The highest BCUT2D eigenvalue weighted by molar-refractivity contribution is 5.35. The quantitative estimate of drug-likeness (QED) is 0.801. The van der Waals surface area contributed by atoms with Crippen LogP contribution in [0.5, 0.6) is 5.75 Å². The zero-order valence-electron chi connectivity index (χ0n) is 12.6. The molecule has 2 nitrogen and oxygen atoms in total. The maximum atomic E-state index is 5.93. The van der Waals surface area contributed by atoms with Gasteiger partial charge in [0.05, 0.1) is 6.61 Å². The van der Waals surface area contributed by atoms with Crippen molar-refractivity contribution in [3.63, 3.8) is 0 Å². The highest BCUT2D eigenvalue weighted by Gasteiger charge is 2.26. The van der Waals surface area contributed by atoms with Crippen LogP contribution >= 0.6 is 0 Å². The molecule has 0 bridgehead atoms. The summed E-state index contributed by atoms with van der Waals surface area (Å²) < 4.78 is 5.93. The lowest BCUT2D eigenvalue weighted by Crippen LogP contribution is -2.42. The molecule has 1 aromatic rings. The molecular formula is C18H25NO. The fourth-order valence-corrected chi connectivity index (χ4v) is 2.80. The second kappa shape index (κ2) is 7.97. The average Bonchev–Trinajstić information content (AvgIpc) is 2.50. The fraction of sp³-hybridized carbons (Fsp3) is 0.556. The summed E-state index contributed by atoms with van der Waals surface area (Å²) in [5.74, 6) is 7.78. The molecule has 1 heterocycles. The number of rotatable bonds is 6. The predicted octanol–water partition coefficient (Wildman–Crippen LogP) is 3.41. The Bertz CT molecular complexity index is 472. The van der Waals surface area contributed by atoms with Gasteiger partial charge in [0.25, 0.3) is 0 Å². The maximum absolute atomic E-state index is 5.93. The van der Waals surface area contributed by atoms with E-state index in [1.54, 1.807) is 0 Å². The monoisotopic (exact) mass is 271 g/mol. The molecule has 0 spiro atoms. The molecule has 0 saturated heterocycles. The molecule has 0 saturated carbocycles. The Labute approximate surface area is 122 Å². The third kappa shape index (κ3) is 4.02. The minimum atomic E-state index is 0.504. The molecule has 0 aliphatic carbocycles. The SMILES string of the molecule is CC#CCCC(NCCC)C1COc2ccccc2C1. The first-order valence-electron chi connectivity index (χ1n) is 7.68. The van der Waals surface area contributed by atoms with E-state index in [0.29, 0.717) is 12.0 Å². The van der Waals surface area contributed by atoms with Crippen molar-refractivity contribution >= 4 is 0 Å². The van der Waals surface area contributed by atoms with Gasteiger partial charge in [-0.2, -0.15) is 0 Å². The summed E-state index contributed by atoms with van der Waals surface area (Å²) in [7, 11) is 0. The standard InChI is InChI=1S/C18H25NO/c1-3-5-6-10-17(19-12-4-2)16-13-15-9-7-8-11-18(15)20-14-16/h7-9,11,16-17,19H,4,6,10,12-14H2,1-2H3. The molecule has 2 heteroatoms. The van der Waals surface area contributed by atoms with Crippen molar-refractivity contribution < 1.29 is 4.74 Å². The summed E-state index contributed by atoms with van der Waals surface area (Å²) in [4.78, 5) is 0. The number of ether oxygens (including phenoxy) is 1. The molecule has 1 N–H and O–H groups in total. The largest absolute Gasteiger partial charge is 0.493 e. The average molecular weight is 271 g/mol. The van der Waals surface area contributed by atoms with Gasteiger partial charge in [-0.25, -0.2) is 0 Å². The summed E-state index contributed by atoms with van der Waals surface area (Å²) in [6.07, 6.45) is 4.35. The number of fused-ring (bicyclic) bond motifs is 1. The maximum Gasteiger partial charge on any atom is 0.122 e. The number of para-hydroxylation sites is 1. The molecule has 1 aromatic carbocycles. The highest BCUT2D eigenvalue weighted by atomic mass is 16.5. The lowest BCUT2D eigenvalue weighted by molar-refractivity contribution is 0.180. The van der Waals surface area contributed by atoms with Crippen LogP contribution in [0.3, 0.4) is 0 Å². The molecule has 0 amide bonds. The minimum absolute atomic E-state index is 0.504. The predicted molar refractivity (Wildman–Crippen MR) is 83.9 cm³/mol. The van der Waals surface area contributed by atoms with Gasteiger partial charge >= 0.3 is 0 Å². The number of hydrogen-bond donors (Lipinski definition) is 1. The van der Waals surface area contributed by atoms with Gasteiger partial charge in [0.1, 0.15) is 5.75 Å². The number of benzene rings is 1. The topological polar surface area (TPSA) is 21.3 Å². The van der Waals surface area contributed by atoms with E-state index < -0.39 is 0 Å². The van der Waals surface area contributed by atoms with E-state index in [4.69, 9.17) is 4.74 Å². The lowest BCUT2D eigenvalue weighted by Gasteiger charge is -2.32. The second-order valence-corrected chi connectivity index (χ2v) is 5.41. The fourth-order valence-electron chi connectivity index (χ4n) is 2.80. The van der Waals surface area contributed by atoms with Crippen molar-refractivity contribution in [3.8, 4) is 17.6 Å². The molecule has 0 fully saturated rings. The Hall–Kier alpha value is -1.46. The Kier molecular flexibility index (Phi) is 5.95. The van der Waals surface area contributed by atoms with Gasteiger partial charge in [-0.05, 0) is 44.4 Å². The first kappa shape index (κ1) is 14.9. The van der Waals surface area contributed by atoms with E-state index in [9.17, 15) is 0 Å². The lowest BCUT2D eigenvalue weighted by atomic mass is 9.88. The molecule has 0 radical (unpaired) electrons. The van der Waals surface area contributed by atoms with Crippen LogP contribution in [0.1, 0.15) is 38.7 Å². The van der Waals surface area contributed by atoms with E-state index in [1.165, 1.54) is 12.0 Å². The molecule has 1 aliphatic rings. The highest BCUT2D eigenvalue weighted by Crippen LogP contribution is 2.29. The molecule has 20 heavy (non-hydrogen) atoms. The van der Waals surface area contributed by atoms with Crippen molar-refractivity contribution in [2.45, 2.75) is 45.6 Å². The van der Waals surface area contributed by atoms with Crippen LogP contribution in [0.4, 0.5) is 0 Å². The number of hydrogen-bond acceptors (Lipinski definition) is 2. The first-order valence-corrected chi connectivity index (χ1v) is 7.68. The molecule has 2 atom stereocenters. The summed E-state index contributed by atoms with van der Waals surface area (Å²) in [6, 6.07) is 8.90. The smallest absolute Gasteiger partial charge is 0.122 e. The molecule has 108 valence electrons. The van der Waals surface area contributed by atoms with Crippen LogP contribution in [0.2, 0.25) is 0 Å². The Balaban J connectivity index is 1.99. The van der Waals surface area contributed by atoms with Crippen LogP contribution < -0.4 is 10.1 Å². The van der Waals surface area contributed by atoms with E-state index in [-0.39, 0.29) is 0 Å². The molecule has 1 aliphatic heterocycles. The van der Waals surface area contributed by atoms with Crippen LogP contribution in [0.15, 0.2) is 24.3 Å². The minimum Gasteiger partial charge on any atom is -0.493 e. The van der Waals surface area contributed by atoms with Crippen LogP contribution in [-0.2, 0) is 6.42 Å². The van der Waals surface area contributed by atoms with Gasteiger partial charge in [0.15, 0.2) is 0 Å². The van der Waals surface area contributed by atoms with Crippen LogP contribution in [-0.4, -0.2) is 19.2 Å². The summed E-state index contributed by atoms with van der Waals surface area (Å²) in [5.41, 5.74) is 1.34. The summed E-state index contributed by atoms with van der Waals surface area (Å²) in [6.45, 7) is 6.01.